The zero-order valence-corrected chi connectivity index (χ0v) is 14.8. The molecule has 26 heavy (non-hydrogen) atoms. The minimum absolute atomic E-state index is 0.00232. The topological polar surface area (TPSA) is 33.0 Å². The Morgan fingerprint density at radius 3 is 2.19 bits per heavy atom. The predicted molar refractivity (Wildman–Crippen MR) is 104 cm³/mol. The van der Waals surface area contributed by atoms with Crippen molar-refractivity contribution in [3.63, 3.8) is 0 Å². The van der Waals surface area contributed by atoms with Gasteiger partial charge >= 0.3 is 0 Å². The van der Waals surface area contributed by atoms with E-state index in [0.717, 1.165) is 26.4 Å². The van der Waals surface area contributed by atoms with Crippen LogP contribution < -0.4 is 0 Å². The van der Waals surface area contributed by atoms with Gasteiger partial charge in [-0.05, 0) is 29.8 Å². The van der Waals surface area contributed by atoms with Gasteiger partial charge in [0.15, 0.2) is 0 Å². The first kappa shape index (κ1) is 15.3. The molecule has 1 saturated heterocycles. The third kappa shape index (κ3) is 2.50. The second-order valence-electron chi connectivity index (χ2n) is 6.40. The Morgan fingerprint density at radius 1 is 0.808 bits per heavy atom. The molecule has 2 heterocycles. The standard InChI is InChI=1S/C22H16N2OS/c25-22(16-11-5-2-6-12-16)24-19(15-9-3-1-4-10-15)20(24)21-23-17-13-7-8-14-18(17)26-21/h1-14,19-20H/t19-,20+,24?/m1/s1. The molecule has 0 radical (unpaired) electrons. The summed E-state index contributed by atoms with van der Waals surface area (Å²) in [7, 11) is 0. The molecule has 0 bridgehead atoms. The van der Waals surface area contributed by atoms with Crippen molar-refractivity contribution in [1.82, 2.24) is 9.88 Å². The number of benzene rings is 3. The predicted octanol–water partition coefficient (Wildman–Crippen LogP) is 5.23. The zero-order valence-electron chi connectivity index (χ0n) is 13.9. The van der Waals surface area contributed by atoms with Gasteiger partial charge in [0.05, 0.1) is 16.3 Å². The molecule has 0 unspecified atom stereocenters. The molecule has 3 nitrogen and oxygen atoms in total. The fourth-order valence-electron chi connectivity index (χ4n) is 3.48. The van der Waals surface area contributed by atoms with Crippen LogP contribution in [0.1, 0.15) is 33.0 Å². The number of nitrogens with zero attached hydrogens (tertiary/aromatic N) is 2. The van der Waals surface area contributed by atoms with Gasteiger partial charge in [0.25, 0.3) is 5.91 Å². The Morgan fingerprint density at radius 2 is 1.46 bits per heavy atom. The summed E-state index contributed by atoms with van der Waals surface area (Å²) in [6, 6.07) is 27.9. The van der Waals surface area contributed by atoms with Crippen molar-refractivity contribution in [3.05, 3.63) is 101 Å². The third-order valence-electron chi connectivity index (χ3n) is 4.77. The highest BCUT2D eigenvalue weighted by Crippen LogP contribution is 2.56. The van der Waals surface area contributed by atoms with Crippen molar-refractivity contribution in [2.45, 2.75) is 12.1 Å². The van der Waals surface area contributed by atoms with Crippen molar-refractivity contribution in [2.75, 3.05) is 0 Å². The van der Waals surface area contributed by atoms with E-state index < -0.39 is 0 Å². The summed E-state index contributed by atoms with van der Waals surface area (Å²) >= 11 is 1.68. The van der Waals surface area contributed by atoms with Gasteiger partial charge in [-0.25, -0.2) is 4.98 Å². The van der Waals surface area contributed by atoms with E-state index in [1.54, 1.807) is 11.3 Å². The first-order valence-electron chi connectivity index (χ1n) is 8.61. The number of thiazole rings is 1. The van der Waals surface area contributed by atoms with Crippen LogP contribution in [0.2, 0.25) is 0 Å². The summed E-state index contributed by atoms with van der Waals surface area (Å²) in [4.78, 5) is 19.8. The summed E-state index contributed by atoms with van der Waals surface area (Å²) in [6.07, 6.45) is 0. The Labute approximate surface area is 155 Å². The minimum atomic E-state index is 0.00232. The van der Waals surface area contributed by atoms with Crippen LogP contribution in [0.25, 0.3) is 10.2 Å². The van der Waals surface area contributed by atoms with Crippen LogP contribution in [0, 0.1) is 0 Å². The van der Waals surface area contributed by atoms with Crippen LogP contribution in [-0.2, 0) is 0 Å². The molecule has 4 heteroatoms. The number of rotatable bonds is 3. The number of fused-ring (bicyclic) bond motifs is 1. The van der Waals surface area contributed by atoms with E-state index in [1.165, 1.54) is 0 Å². The van der Waals surface area contributed by atoms with Crippen molar-refractivity contribution in [3.8, 4) is 0 Å². The maximum Gasteiger partial charge on any atom is 0.255 e. The molecule has 0 aliphatic carbocycles. The summed E-state index contributed by atoms with van der Waals surface area (Å²) in [5.41, 5.74) is 2.87. The molecule has 0 N–H and O–H groups in total. The largest absolute Gasteiger partial charge is 0.317 e. The van der Waals surface area contributed by atoms with Crippen LogP contribution in [0.5, 0.6) is 0 Å². The van der Waals surface area contributed by atoms with Gasteiger partial charge in [-0.2, -0.15) is 0 Å². The third-order valence-corrected chi connectivity index (χ3v) is 5.88. The number of hydrogen-bond acceptors (Lipinski definition) is 3. The SMILES string of the molecule is O=C(c1ccccc1)N1[C@H](c2ccccc2)[C@H]1c1nc2ccccc2s1. The molecular weight excluding hydrogens is 340 g/mol. The number of carbonyl (C=O) groups excluding carboxylic acids is 1. The average Bonchev–Trinajstić information content (AvgIpc) is 3.31. The summed E-state index contributed by atoms with van der Waals surface area (Å²) in [5, 5.41) is 1.00. The van der Waals surface area contributed by atoms with Crippen molar-refractivity contribution in [2.24, 2.45) is 0 Å². The van der Waals surface area contributed by atoms with Crippen molar-refractivity contribution in [1.29, 1.82) is 0 Å². The zero-order chi connectivity index (χ0) is 17.5. The molecule has 3 aromatic carbocycles. The van der Waals surface area contributed by atoms with E-state index in [0.29, 0.717) is 0 Å². The van der Waals surface area contributed by atoms with Crippen LogP contribution in [-0.4, -0.2) is 15.8 Å². The second-order valence-corrected chi connectivity index (χ2v) is 7.46. The Bertz CT molecular complexity index is 1040. The van der Waals surface area contributed by atoms with Gasteiger partial charge in [-0.15, -0.1) is 11.3 Å². The first-order valence-corrected chi connectivity index (χ1v) is 9.43. The van der Waals surface area contributed by atoms with E-state index in [-0.39, 0.29) is 18.0 Å². The molecule has 0 spiro atoms. The molecule has 5 rings (SSSR count). The van der Waals surface area contributed by atoms with Crippen molar-refractivity contribution >= 4 is 27.5 Å². The molecule has 1 aromatic heterocycles. The maximum atomic E-state index is 13.1. The molecule has 126 valence electrons. The Kier molecular flexibility index (Phi) is 3.57. The maximum absolute atomic E-state index is 13.1. The lowest BCUT2D eigenvalue weighted by molar-refractivity contribution is 0.0864. The van der Waals surface area contributed by atoms with E-state index in [2.05, 4.69) is 18.2 Å². The number of hydrogen-bond donors (Lipinski definition) is 0. The summed E-state index contributed by atoms with van der Waals surface area (Å²) < 4.78 is 1.16. The van der Waals surface area contributed by atoms with E-state index >= 15 is 0 Å². The fraction of sp³-hybridized carbons (Fsp3) is 0.0909. The second kappa shape index (κ2) is 6.07. The van der Waals surface area contributed by atoms with Gasteiger partial charge in [-0.1, -0.05) is 60.7 Å². The molecular formula is C22H16N2OS. The van der Waals surface area contributed by atoms with Crippen LogP contribution in [0.3, 0.4) is 0 Å². The number of para-hydroxylation sites is 1. The highest BCUT2D eigenvalue weighted by Gasteiger charge is 2.54. The lowest BCUT2D eigenvalue weighted by Crippen LogP contribution is -2.12. The van der Waals surface area contributed by atoms with Crippen LogP contribution >= 0.6 is 11.3 Å². The van der Waals surface area contributed by atoms with Crippen LogP contribution in [0.15, 0.2) is 84.9 Å². The average molecular weight is 356 g/mol. The van der Waals surface area contributed by atoms with E-state index in [1.807, 2.05) is 71.6 Å². The van der Waals surface area contributed by atoms with Gasteiger partial charge in [0, 0.05) is 5.56 Å². The highest BCUT2D eigenvalue weighted by atomic mass is 32.1. The number of aromatic nitrogens is 1. The number of carbonyl (C=O) groups is 1. The summed E-state index contributed by atoms with van der Waals surface area (Å²) in [5.74, 6) is 0.0590. The smallest absolute Gasteiger partial charge is 0.255 e. The van der Waals surface area contributed by atoms with E-state index in [4.69, 9.17) is 4.98 Å². The van der Waals surface area contributed by atoms with E-state index in [9.17, 15) is 4.79 Å². The molecule has 1 amide bonds. The normalized spacial score (nSPS) is 18.8. The Hall–Kier alpha value is -2.98. The minimum Gasteiger partial charge on any atom is -0.317 e. The van der Waals surface area contributed by atoms with Gasteiger partial charge in [-0.3, -0.25) is 4.79 Å². The monoisotopic (exact) mass is 356 g/mol. The lowest BCUT2D eigenvalue weighted by atomic mass is 10.1. The first-order chi connectivity index (χ1) is 12.8. The molecule has 4 aromatic rings. The van der Waals surface area contributed by atoms with Crippen LogP contribution in [0.4, 0.5) is 0 Å². The number of amides is 1. The van der Waals surface area contributed by atoms with Gasteiger partial charge < -0.3 is 4.90 Å². The Balaban J connectivity index is 1.56. The molecule has 1 aliphatic rings. The van der Waals surface area contributed by atoms with Gasteiger partial charge in [0.1, 0.15) is 11.0 Å². The highest BCUT2D eigenvalue weighted by molar-refractivity contribution is 7.18. The summed E-state index contributed by atoms with van der Waals surface area (Å²) in [6.45, 7) is 0. The molecule has 0 saturated carbocycles. The molecule has 1 fully saturated rings. The van der Waals surface area contributed by atoms with Crippen molar-refractivity contribution < 1.29 is 4.79 Å². The quantitative estimate of drug-likeness (QED) is 0.471. The molecule has 1 aliphatic heterocycles. The van der Waals surface area contributed by atoms with Gasteiger partial charge in [0.2, 0.25) is 0 Å². The fourth-order valence-corrected chi connectivity index (χ4v) is 4.57. The molecule has 2 atom stereocenters. The lowest BCUT2D eigenvalue weighted by Gasteiger charge is -2.04.